The molecule has 3 fully saturated rings. The van der Waals surface area contributed by atoms with E-state index in [4.69, 9.17) is 42.3 Å². The normalized spacial score (nSPS) is 32.0. The lowest BCUT2D eigenvalue weighted by Crippen LogP contribution is -2.67. The number of rotatable bonds is 14. The molecule has 0 saturated carbocycles. The zero-order valence-corrected chi connectivity index (χ0v) is 35.3. The van der Waals surface area contributed by atoms with E-state index in [-0.39, 0.29) is 17.1 Å². The summed E-state index contributed by atoms with van der Waals surface area (Å²) >= 11 is 0. The van der Waals surface area contributed by atoms with Crippen LogP contribution in [-0.2, 0) is 33.2 Å². The fourth-order valence-corrected chi connectivity index (χ4v) is 7.60. The van der Waals surface area contributed by atoms with Crippen LogP contribution in [0.3, 0.4) is 0 Å². The van der Waals surface area contributed by atoms with E-state index in [1.807, 2.05) is 0 Å². The van der Waals surface area contributed by atoms with Crippen molar-refractivity contribution in [2.24, 2.45) is 0 Å². The third kappa shape index (κ3) is 10.1. The highest BCUT2D eigenvalue weighted by molar-refractivity contribution is 5.88. The van der Waals surface area contributed by atoms with Crippen LogP contribution >= 0.6 is 0 Å². The van der Waals surface area contributed by atoms with Crippen molar-refractivity contribution in [2.45, 2.75) is 92.1 Å². The van der Waals surface area contributed by atoms with E-state index in [9.17, 15) is 81.1 Å². The van der Waals surface area contributed by atoms with Gasteiger partial charge in [0.2, 0.25) is 17.5 Å². The molecule has 14 N–H and O–H groups in total. The van der Waals surface area contributed by atoms with Gasteiger partial charge >= 0.3 is 5.97 Å². The molecule has 370 valence electrons. The fourth-order valence-electron chi connectivity index (χ4n) is 7.60. The Morgan fingerprint density at radius 3 is 1.90 bits per heavy atom. The number of esters is 1. The molecule has 0 bridgehead atoms. The summed E-state index contributed by atoms with van der Waals surface area (Å²) in [7, 11) is 1.32. The number of ether oxygens (including phenoxy) is 8. The number of methoxy groups -OCH3 is 1. The van der Waals surface area contributed by atoms with Gasteiger partial charge in [-0.3, -0.25) is 4.79 Å². The van der Waals surface area contributed by atoms with Crippen molar-refractivity contribution in [3.05, 3.63) is 70.4 Å². The third-order valence-electron chi connectivity index (χ3n) is 11.3. The molecule has 0 unspecified atom stereocenters. The lowest BCUT2D eigenvalue weighted by molar-refractivity contribution is -0.389. The predicted octanol–water partition coefficient (Wildman–Crippen LogP) is -2.91. The van der Waals surface area contributed by atoms with Crippen LogP contribution in [0.5, 0.6) is 40.2 Å². The highest BCUT2D eigenvalue weighted by Gasteiger charge is 2.55. The summed E-state index contributed by atoms with van der Waals surface area (Å²) in [6, 6.07) is 9.09. The third-order valence-corrected chi connectivity index (χ3v) is 11.3. The maximum atomic E-state index is 14.2. The molecule has 0 spiro atoms. The van der Waals surface area contributed by atoms with Gasteiger partial charge in [-0.05, 0) is 42.0 Å². The molecular formula is C43H48O25. The van der Waals surface area contributed by atoms with Crippen molar-refractivity contribution in [1.82, 2.24) is 0 Å². The molecule has 0 aliphatic carbocycles. The number of carbonyl (C=O) groups is 1. The molecule has 0 radical (unpaired) electrons. The van der Waals surface area contributed by atoms with Gasteiger partial charge in [0, 0.05) is 23.8 Å². The SMILES string of the molecule is COc1cc(/C=C/C(=O)OC[C@H]2O[C@@H](O[C@H]3[C@H](O[C@H]4[C@H](Oc5c(-c6ccc(O)c(O)c6)oc6cc(O)cc(O)c6c5=O)O[C@H](CO)[C@@H](O)[C@@H]4O)O[C@H](CO)[C@@H](O)[C@@H]3O)[C@H](O)[C@@H](O)[C@@H]2O)ccc1O. The summed E-state index contributed by atoms with van der Waals surface area (Å²) in [4.78, 5) is 26.8. The van der Waals surface area contributed by atoms with Gasteiger partial charge < -0.3 is 114 Å². The van der Waals surface area contributed by atoms with Gasteiger partial charge in [0.1, 0.15) is 96.2 Å². The van der Waals surface area contributed by atoms with Crippen LogP contribution in [0.25, 0.3) is 28.4 Å². The monoisotopic (exact) mass is 964 g/mol. The van der Waals surface area contributed by atoms with Crippen LogP contribution in [-0.4, -0.2) is 197 Å². The Morgan fingerprint density at radius 1 is 0.647 bits per heavy atom. The number of benzene rings is 3. The van der Waals surface area contributed by atoms with Gasteiger partial charge in [0.25, 0.3) is 0 Å². The Hall–Kier alpha value is -5.88. The average molecular weight is 965 g/mol. The Balaban J connectivity index is 1.18. The van der Waals surface area contributed by atoms with Crippen LogP contribution in [0.1, 0.15) is 5.56 Å². The van der Waals surface area contributed by atoms with Gasteiger partial charge in [-0.15, -0.1) is 0 Å². The summed E-state index contributed by atoms with van der Waals surface area (Å²) in [6.07, 6.45) is -27.7. The molecule has 7 rings (SSSR count). The smallest absolute Gasteiger partial charge is 0.330 e. The van der Waals surface area contributed by atoms with Gasteiger partial charge in [-0.1, -0.05) is 6.07 Å². The minimum absolute atomic E-state index is 0.117. The minimum atomic E-state index is -2.18. The quantitative estimate of drug-likeness (QED) is 0.0342. The van der Waals surface area contributed by atoms with E-state index in [1.54, 1.807) is 0 Å². The molecule has 0 amide bonds. The molecule has 3 aliphatic rings. The van der Waals surface area contributed by atoms with E-state index in [0.29, 0.717) is 5.56 Å². The van der Waals surface area contributed by atoms with Crippen LogP contribution in [0, 0.1) is 0 Å². The number of fused-ring (bicyclic) bond motifs is 1. The van der Waals surface area contributed by atoms with Gasteiger partial charge in [0.15, 0.2) is 47.4 Å². The molecule has 4 heterocycles. The first kappa shape index (κ1) is 50.0. The second kappa shape index (κ2) is 20.8. The number of aromatic hydroxyl groups is 5. The first-order chi connectivity index (χ1) is 32.3. The number of phenolic OH excluding ortho intramolecular Hbond substituents is 5. The number of hydrogen-bond donors (Lipinski definition) is 14. The molecule has 3 aliphatic heterocycles. The molecule has 4 aromatic rings. The summed E-state index contributed by atoms with van der Waals surface area (Å²) in [5.41, 5.74) is -1.31. The van der Waals surface area contributed by atoms with E-state index in [0.717, 1.165) is 30.3 Å². The molecule has 3 aromatic carbocycles. The maximum Gasteiger partial charge on any atom is 0.330 e. The summed E-state index contributed by atoms with van der Waals surface area (Å²) < 4.78 is 51.0. The van der Waals surface area contributed by atoms with Crippen molar-refractivity contribution >= 4 is 23.0 Å². The second-order valence-electron chi connectivity index (χ2n) is 15.8. The summed E-state index contributed by atoms with van der Waals surface area (Å²) in [5, 5.41) is 148. The highest BCUT2D eigenvalue weighted by Crippen LogP contribution is 2.41. The van der Waals surface area contributed by atoms with Crippen LogP contribution in [0.2, 0.25) is 0 Å². The topological polar surface area (TPSA) is 404 Å². The predicted molar refractivity (Wildman–Crippen MR) is 222 cm³/mol. The molecule has 25 heteroatoms. The number of phenols is 5. The van der Waals surface area contributed by atoms with Gasteiger partial charge in [-0.25, -0.2) is 4.79 Å². The van der Waals surface area contributed by atoms with Crippen LogP contribution in [0.15, 0.2) is 63.8 Å². The molecule has 3 saturated heterocycles. The molecule has 68 heavy (non-hydrogen) atoms. The van der Waals surface area contributed by atoms with E-state index in [2.05, 4.69) is 0 Å². The Labute approximate surface area is 382 Å². The lowest BCUT2D eigenvalue weighted by atomic mass is 9.96. The van der Waals surface area contributed by atoms with Crippen molar-refractivity contribution in [3.8, 4) is 51.6 Å². The number of carbonyl (C=O) groups excluding carboxylic acids is 1. The standard InChI is InChI=1S/C43H48O25/c1-60-22-8-15(2-5-19(22)48)3-7-27(51)61-14-26-31(54)33(56)36(59)41(65-26)67-39-34(57)29(52)25(13-45)64-43(39)68-40-35(58)30(53)24(12-44)63-42(40)66-38-32(55)28-21(50)10-17(46)11-23(28)62-37(38)16-4-6-18(47)20(49)9-16/h2-11,24-26,29-31,33-36,39-50,52-54,56-59H,12-14H2,1H3/b7-3+/t24-,25-,26-,29-,30-,31-,33+,34+,35+,36-,39-,40-,41+,42+,43+/m1/s1. The van der Waals surface area contributed by atoms with Crippen LogP contribution < -0.4 is 14.9 Å². The van der Waals surface area contributed by atoms with E-state index < -0.39 is 169 Å². The van der Waals surface area contributed by atoms with Crippen molar-refractivity contribution in [1.29, 1.82) is 0 Å². The molecular weight excluding hydrogens is 916 g/mol. The lowest BCUT2D eigenvalue weighted by Gasteiger charge is -2.48. The number of aliphatic hydroxyl groups is 9. The average Bonchev–Trinajstić information content (AvgIpc) is 3.31. The zero-order valence-electron chi connectivity index (χ0n) is 35.3. The first-order valence-corrected chi connectivity index (χ1v) is 20.5. The molecule has 1 aromatic heterocycles. The summed E-state index contributed by atoms with van der Waals surface area (Å²) in [6.45, 7) is -2.74. The molecule has 15 atom stereocenters. The zero-order chi connectivity index (χ0) is 49.3. The van der Waals surface area contributed by atoms with E-state index in [1.165, 1.54) is 37.5 Å². The second-order valence-corrected chi connectivity index (χ2v) is 15.8. The Morgan fingerprint density at radius 2 is 1.25 bits per heavy atom. The van der Waals surface area contributed by atoms with Crippen molar-refractivity contribution in [3.63, 3.8) is 0 Å². The van der Waals surface area contributed by atoms with Crippen molar-refractivity contribution in [2.75, 3.05) is 26.9 Å². The minimum Gasteiger partial charge on any atom is -0.508 e. The van der Waals surface area contributed by atoms with Gasteiger partial charge in [-0.2, -0.15) is 0 Å². The molecule has 25 nitrogen and oxygen atoms in total. The fraction of sp³-hybridized carbons (Fsp3) is 0.442. The maximum absolute atomic E-state index is 14.2. The first-order valence-electron chi connectivity index (χ1n) is 20.5. The number of aliphatic hydroxyl groups excluding tert-OH is 9. The Bertz CT molecular complexity index is 2510. The van der Waals surface area contributed by atoms with Crippen LogP contribution in [0.4, 0.5) is 0 Å². The highest BCUT2D eigenvalue weighted by atomic mass is 16.8. The van der Waals surface area contributed by atoms with Crippen molar-refractivity contribution < 1.29 is 119 Å². The largest absolute Gasteiger partial charge is 0.508 e. The summed E-state index contributed by atoms with van der Waals surface area (Å²) in [5.74, 6) is -5.04. The number of hydrogen-bond acceptors (Lipinski definition) is 25. The Kier molecular flexibility index (Phi) is 15.3. The van der Waals surface area contributed by atoms with E-state index >= 15 is 0 Å². The van der Waals surface area contributed by atoms with Gasteiger partial charge in [0.05, 0.1) is 20.3 Å².